The maximum absolute atomic E-state index is 12.0. The van der Waals surface area contributed by atoms with E-state index in [-0.39, 0.29) is 17.7 Å². The van der Waals surface area contributed by atoms with Crippen LogP contribution in [0.4, 0.5) is 16.4 Å². The molecule has 2 aromatic rings. The molecule has 27 heavy (non-hydrogen) atoms. The lowest BCUT2D eigenvalue weighted by Crippen LogP contribution is -2.36. The van der Waals surface area contributed by atoms with Crippen molar-refractivity contribution in [2.24, 2.45) is 0 Å². The summed E-state index contributed by atoms with van der Waals surface area (Å²) in [5, 5.41) is 13.4. The van der Waals surface area contributed by atoms with Crippen molar-refractivity contribution in [1.29, 1.82) is 0 Å². The van der Waals surface area contributed by atoms with Crippen molar-refractivity contribution in [3.63, 3.8) is 0 Å². The fourth-order valence-electron chi connectivity index (χ4n) is 3.32. The van der Waals surface area contributed by atoms with Crippen molar-refractivity contribution in [2.75, 3.05) is 12.4 Å². The molecule has 0 bridgehead atoms. The van der Waals surface area contributed by atoms with Crippen molar-refractivity contribution in [1.82, 2.24) is 25.5 Å². The van der Waals surface area contributed by atoms with Crippen molar-refractivity contribution in [3.05, 3.63) is 24.0 Å². The average Bonchev–Trinajstić information content (AvgIpc) is 3.02. The van der Waals surface area contributed by atoms with Gasteiger partial charge in [-0.3, -0.25) is 5.10 Å². The molecule has 2 aromatic heterocycles. The first kappa shape index (κ1) is 17.6. The number of alkyl carbamates (subject to hydrolysis) is 1. The second-order valence-electron chi connectivity index (χ2n) is 7.49. The van der Waals surface area contributed by atoms with Crippen LogP contribution in [0.2, 0.25) is 0 Å². The Labute approximate surface area is 157 Å². The zero-order chi connectivity index (χ0) is 18.9. The van der Waals surface area contributed by atoms with E-state index < -0.39 is 0 Å². The summed E-state index contributed by atoms with van der Waals surface area (Å²) in [6.07, 6.45) is 5.93. The third-order valence-corrected chi connectivity index (χ3v) is 5.17. The summed E-state index contributed by atoms with van der Waals surface area (Å²) in [6, 6.07) is 4.01. The number of aromatic nitrogens is 4. The van der Waals surface area contributed by atoms with E-state index in [0.717, 1.165) is 37.8 Å². The number of nitrogens with one attached hydrogen (secondary N) is 3. The summed E-state index contributed by atoms with van der Waals surface area (Å²) in [4.78, 5) is 20.2. The van der Waals surface area contributed by atoms with Gasteiger partial charge in [0.2, 0.25) is 0 Å². The smallest absolute Gasteiger partial charge is 0.407 e. The number of aromatic amines is 1. The number of methoxy groups -OCH3 is 1. The summed E-state index contributed by atoms with van der Waals surface area (Å²) in [6.45, 7) is 2.04. The maximum atomic E-state index is 12.0. The van der Waals surface area contributed by atoms with E-state index >= 15 is 0 Å². The van der Waals surface area contributed by atoms with Crippen molar-refractivity contribution >= 4 is 17.7 Å². The van der Waals surface area contributed by atoms with Crippen LogP contribution in [0.25, 0.3) is 0 Å². The van der Waals surface area contributed by atoms with Crippen LogP contribution in [-0.4, -0.2) is 45.0 Å². The molecule has 144 valence electrons. The number of carbonyl (C=O) groups is 1. The molecule has 9 nitrogen and oxygen atoms in total. The minimum Gasteiger partial charge on any atom is -0.467 e. The molecular weight excluding hydrogens is 348 g/mol. The van der Waals surface area contributed by atoms with Gasteiger partial charge in [-0.25, -0.2) is 9.78 Å². The highest BCUT2D eigenvalue weighted by molar-refractivity contribution is 5.69. The normalized spacial score (nSPS) is 22.9. The molecule has 1 amide bonds. The average molecular weight is 372 g/mol. The van der Waals surface area contributed by atoms with Gasteiger partial charge in [0.1, 0.15) is 11.9 Å². The molecule has 2 saturated carbocycles. The van der Waals surface area contributed by atoms with Gasteiger partial charge in [-0.2, -0.15) is 10.1 Å². The Morgan fingerprint density at radius 3 is 2.96 bits per heavy atom. The van der Waals surface area contributed by atoms with Gasteiger partial charge in [-0.1, -0.05) is 0 Å². The minimum atomic E-state index is -0.301. The fraction of sp³-hybridized carbons (Fsp3) is 0.556. The number of ether oxygens (including phenoxy) is 2. The molecule has 0 aliphatic heterocycles. The molecule has 4 rings (SSSR count). The molecule has 2 aliphatic rings. The number of hydrogen-bond acceptors (Lipinski definition) is 7. The van der Waals surface area contributed by atoms with Gasteiger partial charge in [0.05, 0.1) is 7.11 Å². The first-order chi connectivity index (χ1) is 13.0. The Morgan fingerprint density at radius 2 is 2.19 bits per heavy atom. The number of carbonyl (C=O) groups excluding carboxylic acids is 1. The fourth-order valence-corrected chi connectivity index (χ4v) is 3.32. The summed E-state index contributed by atoms with van der Waals surface area (Å²) in [5.41, 5.74) is 0.974. The lowest BCUT2D eigenvalue weighted by atomic mass is 10.0. The first-order valence-electron chi connectivity index (χ1n) is 9.21. The summed E-state index contributed by atoms with van der Waals surface area (Å²) >= 11 is 0. The molecule has 0 spiro atoms. The van der Waals surface area contributed by atoms with Crippen LogP contribution < -0.4 is 15.4 Å². The van der Waals surface area contributed by atoms with E-state index in [2.05, 4.69) is 30.8 Å². The van der Waals surface area contributed by atoms with Gasteiger partial charge in [-0.05, 0) is 45.1 Å². The number of H-pyrrole nitrogens is 1. The highest BCUT2D eigenvalue weighted by Gasteiger charge is 2.40. The molecule has 2 aliphatic carbocycles. The number of nitrogens with zero attached hydrogens (tertiary/aromatic N) is 3. The molecule has 0 saturated heterocycles. The molecule has 3 N–H and O–H groups in total. The lowest BCUT2D eigenvalue weighted by Gasteiger charge is -2.16. The van der Waals surface area contributed by atoms with Gasteiger partial charge in [-0.15, -0.1) is 0 Å². The Kier molecular flexibility index (Phi) is 4.59. The third kappa shape index (κ3) is 4.29. The van der Waals surface area contributed by atoms with Crippen molar-refractivity contribution in [3.8, 4) is 6.01 Å². The monoisotopic (exact) mass is 372 g/mol. The topological polar surface area (TPSA) is 114 Å². The van der Waals surface area contributed by atoms with Gasteiger partial charge >= 0.3 is 12.1 Å². The minimum absolute atomic E-state index is 0.0526. The van der Waals surface area contributed by atoms with Gasteiger partial charge in [0, 0.05) is 29.4 Å². The molecule has 2 fully saturated rings. The highest BCUT2D eigenvalue weighted by Crippen LogP contribution is 2.37. The third-order valence-electron chi connectivity index (χ3n) is 5.17. The largest absolute Gasteiger partial charge is 0.467 e. The van der Waals surface area contributed by atoms with Crippen LogP contribution in [0.5, 0.6) is 6.01 Å². The predicted molar refractivity (Wildman–Crippen MR) is 98.1 cm³/mol. The van der Waals surface area contributed by atoms with Crippen LogP contribution in [0.15, 0.2) is 18.3 Å². The van der Waals surface area contributed by atoms with E-state index in [0.29, 0.717) is 23.6 Å². The second-order valence-corrected chi connectivity index (χ2v) is 7.49. The summed E-state index contributed by atoms with van der Waals surface area (Å²) < 4.78 is 10.6. The van der Waals surface area contributed by atoms with Crippen molar-refractivity contribution < 1.29 is 14.3 Å². The first-order valence-corrected chi connectivity index (χ1v) is 9.21. The maximum Gasteiger partial charge on any atom is 0.407 e. The van der Waals surface area contributed by atoms with Crippen molar-refractivity contribution in [2.45, 2.75) is 56.6 Å². The van der Waals surface area contributed by atoms with Crippen LogP contribution in [0.3, 0.4) is 0 Å². The Morgan fingerprint density at radius 1 is 1.33 bits per heavy atom. The number of amides is 1. The number of rotatable bonds is 6. The lowest BCUT2D eigenvalue weighted by molar-refractivity contribution is 0.0967. The summed E-state index contributed by atoms with van der Waals surface area (Å²) in [7, 11) is 1.52. The van der Waals surface area contributed by atoms with Gasteiger partial charge in [0.15, 0.2) is 5.82 Å². The van der Waals surface area contributed by atoms with Crippen LogP contribution >= 0.6 is 0 Å². The summed E-state index contributed by atoms with van der Waals surface area (Å²) in [5.74, 6) is 1.58. The molecular formula is C18H24N6O3. The van der Waals surface area contributed by atoms with E-state index in [1.807, 2.05) is 13.0 Å². The second kappa shape index (κ2) is 7.05. The molecule has 2 heterocycles. The Hall–Kier alpha value is -2.84. The van der Waals surface area contributed by atoms with Crippen LogP contribution in [0.1, 0.15) is 50.6 Å². The molecule has 2 unspecified atom stereocenters. The SMILES string of the molecule is COc1nccc(Nc2cc(C3CCC(OC(=O)NC4(C)CC4)C3)[nH]n2)n1. The molecule has 0 radical (unpaired) electrons. The van der Waals surface area contributed by atoms with Crippen LogP contribution in [-0.2, 0) is 4.74 Å². The molecule has 0 aromatic carbocycles. The predicted octanol–water partition coefficient (Wildman–Crippen LogP) is 2.87. The zero-order valence-corrected chi connectivity index (χ0v) is 15.5. The molecule has 9 heteroatoms. The van der Waals surface area contributed by atoms with E-state index in [9.17, 15) is 4.79 Å². The molecule has 2 atom stereocenters. The van der Waals surface area contributed by atoms with E-state index in [4.69, 9.17) is 9.47 Å². The standard InChI is InChI=1S/C18H24N6O3/c1-18(6-7-18)22-17(25)27-12-4-3-11(9-12)13-10-15(24-23-13)20-14-5-8-19-16(21-14)26-2/h5,8,10-12H,3-4,6-7,9H2,1-2H3,(H,22,25)(H2,19,20,21,23,24). The Bertz CT molecular complexity index is 819. The van der Waals surface area contributed by atoms with E-state index in [1.165, 1.54) is 7.11 Å². The van der Waals surface area contributed by atoms with Gasteiger partial charge < -0.3 is 20.1 Å². The zero-order valence-electron chi connectivity index (χ0n) is 15.5. The highest BCUT2D eigenvalue weighted by atomic mass is 16.6. The van der Waals surface area contributed by atoms with Crippen LogP contribution in [0, 0.1) is 0 Å². The number of anilines is 2. The Balaban J connectivity index is 1.31. The number of hydrogen-bond donors (Lipinski definition) is 3. The van der Waals surface area contributed by atoms with E-state index in [1.54, 1.807) is 12.3 Å². The quantitative estimate of drug-likeness (QED) is 0.714. The van der Waals surface area contributed by atoms with Gasteiger partial charge in [0.25, 0.3) is 0 Å².